The van der Waals surface area contributed by atoms with E-state index in [-0.39, 0.29) is 18.4 Å². The van der Waals surface area contributed by atoms with E-state index in [2.05, 4.69) is 5.32 Å². The van der Waals surface area contributed by atoms with Crippen molar-refractivity contribution in [1.82, 2.24) is 5.32 Å². The second-order valence-corrected chi connectivity index (χ2v) is 5.47. The summed E-state index contributed by atoms with van der Waals surface area (Å²) in [6.45, 7) is 6.24. The molecule has 2 unspecified atom stereocenters. The van der Waals surface area contributed by atoms with Gasteiger partial charge in [-0.3, -0.25) is 4.79 Å². The maximum Gasteiger partial charge on any atom is 0.260 e. The molecule has 0 saturated carbocycles. The molecule has 0 radical (unpaired) electrons. The molecule has 0 bridgehead atoms. The monoisotopic (exact) mass is 299 g/mol. The Kier molecular flexibility index (Phi) is 6.82. The number of aliphatic hydroxyl groups excluding tert-OH is 1. The largest absolute Gasteiger partial charge is 0.481 e. The number of hydrogen-bond acceptors (Lipinski definition) is 3. The first-order valence-corrected chi connectivity index (χ1v) is 7.13. The maximum atomic E-state index is 11.9. The Bertz CT molecular complexity index is 451. The number of halogens is 1. The van der Waals surface area contributed by atoms with Gasteiger partial charge in [-0.2, -0.15) is 0 Å². The van der Waals surface area contributed by atoms with E-state index in [0.717, 1.165) is 5.56 Å². The lowest BCUT2D eigenvalue weighted by atomic mass is 10.1. The van der Waals surface area contributed by atoms with Crippen LogP contribution in [0.25, 0.3) is 0 Å². The SMILES string of the molecule is Cc1cc(Cl)ccc1OC(C)C(=O)NCC(C)CCO. The zero-order valence-corrected chi connectivity index (χ0v) is 12.9. The minimum Gasteiger partial charge on any atom is -0.481 e. The molecule has 0 heterocycles. The lowest BCUT2D eigenvalue weighted by molar-refractivity contribution is -0.127. The van der Waals surface area contributed by atoms with Crippen LogP contribution in [-0.2, 0) is 4.79 Å². The maximum absolute atomic E-state index is 11.9. The van der Waals surface area contributed by atoms with Crippen LogP contribution in [0.4, 0.5) is 0 Å². The van der Waals surface area contributed by atoms with Crippen LogP contribution in [0.5, 0.6) is 5.75 Å². The van der Waals surface area contributed by atoms with Crippen LogP contribution in [0.3, 0.4) is 0 Å². The Balaban J connectivity index is 2.49. The Hall–Kier alpha value is -1.26. The summed E-state index contributed by atoms with van der Waals surface area (Å²) < 4.78 is 5.63. The Morgan fingerprint density at radius 3 is 2.75 bits per heavy atom. The Labute approximate surface area is 125 Å². The van der Waals surface area contributed by atoms with Gasteiger partial charge in [0.15, 0.2) is 6.10 Å². The first-order valence-electron chi connectivity index (χ1n) is 6.75. The van der Waals surface area contributed by atoms with Crippen LogP contribution >= 0.6 is 11.6 Å². The summed E-state index contributed by atoms with van der Waals surface area (Å²) in [5.41, 5.74) is 0.894. The number of rotatable bonds is 7. The fourth-order valence-corrected chi connectivity index (χ4v) is 1.96. The number of carbonyl (C=O) groups excluding carboxylic acids is 1. The van der Waals surface area contributed by atoms with E-state index in [4.69, 9.17) is 21.4 Å². The summed E-state index contributed by atoms with van der Waals surface area (Å²) in [7, 11) is 0. The van der Waals surface area contributed by atoms with Gasteiger partial charge in [-0.05, 0) is 49.9 Å². The summed E-state index contributed by atoms with van der Waals surface area (Å²) in [5.74, 6) is 0.734. The zero-order chi connectivity index (χ0) is 15.1. The number of benzene rings is 1. The number of carbonyl (C=O) groups is 1. The molecule has 1 aromatic carbocycles. The van der Waals surface area contributed by atoms with Gasteiger partial charge in [0, 0.05) is 18.2 Å². The van der Waals surface area contributed by atoms with E-state index in [9.17, 15) is 4.79 Å². The fraction of sp³-hybridized carbons (Fsp3) is 0.533. The van der Waals surface area contributed by atoms with Crippen LogP contribution in [0, 0.1) is 12.8 Å². The van der Waals surface area contributed by atoms with Crippen molar-refractivity contribution in [2.45, 2.75) is 33.3 Å². The number of nitrogens with one attached hydrogen (secondary N) is 1. The summed E-state index contributed by atoms with van der Waals surface area (Å²) in [4.78, 5) is 11.9. The van der Waals surface area contributed by atoms with Gasteiger partial charge >= 0.3 is 0 Å². The van der Waals surface area contributed by atoms with Crippen LogP contribution in [0.15, 0.2) is 18.2 Å². The molecule has 0 aromatic heterocycles. The number of amides is 1. The summed E-state index contributed by atoms with van der Waals surface area (Å²) in [6.07, 6.45) is 0.0995. The van der Waals surface area contributed by atoms with Gasteiger partial charge in [0.05, 0.1) is 0 Å². The van der Waals surface area contributed by atoms with Crippen molar-refractivity contribution in [3.63, 3.8) is 0 Å². The lowest BCUT2D eigenvalue weighted by Crippen LogP contribution is -2.38. The standard InChI is InChI=1S/C15H22ClNO3/c1-10(6-7-18)9-17-15(19)12(3)20-14-5-4-13(16)8-11(14)2/h4-5,8,10,12,18H,6-7,9H2,1-3H3,(H,17,19). The van der Waals surface area contributed by atoms with Crippen molar-refractivity contribution in [3.8, 4) is 5.75 Å². The number of ether oxygens (including phenoxy) is 1. The molecule has 0 spiro atoms. The predicted molar refractivity (Wildman–Crippen MR) is 80.2 cm³/mol. The minimum absolute atomic E-state index is 0.132. The molecule has 0 fully saturated rings. The van der Waals surface area contributed by atoms with E-state index in [1.165, 1.54) is 0 Å². The first kappa shape index (κ1) is 16.8. The van der Waals surface area contributed by atoms with E-state index < -0.39 is 6.10 Å². The zero-order valence-electron chi connectivity index (χ0n) is 12.1. The molecule has 0 saturated heterocycles. The van der Waals surface area contributed by atoms with E-state index >= 15 is 0 Å². The molecule has 2 atom stereocenters. The molecule has 20 heavy (non-hydrogen) atoms. The van der Waals surface area contributed by atoms with Crippen LogP contribution in [0.1, 0.15) is 25.8 Å². The molecule has 5 heteroatoms. The second-order valence-electron chi connectivity index (χ2n) is 5.03. The van der Waals surface area contributed by atoms with E-state index in [1.807, 2.05) is 13.8 Å². The molecule has 2 N–H and O–H groups in total. The number of aliphatic hydroxyl groups is 1. The molecule has 1 aromatic rings. The first-order chi connectivity index (χ1) is 9.43. The third-order valence-corrected chi connectivity index (χ3v) is 3.29. The molecule has 0 aliphatic heterocycles. The van der Waals surface area contributed by atoms with E-state index in [0.29, 0.717) is 23.7 Å². The average Bonchev–Trinajstić information content (AvgIpc) is 2.39. The van der Waals surface area contributed by atoms with Crippen LogP contribution in [0.2, 0.25) is 5.02 Å². The highest BCUT2D eigenvalue weighted by molar-refractivity contribution is 6.30. The van der Waals surface area contributed by atoms with Gasteiger partial charge < -0.3 is 15.2 Å². The van der Waals surface area contributed by atoms with Gasteiger partial charge in [0.1, 0.15) is 5.75 Å². The summed E-state index contributed by atoms with van der Waals surface area (Å²) >= 11 is 5.88. The molecule has 0 aliphatic rings. The van der Waals surface area contributed by atoms with Gasteiger partial charge in [-0.25, -0.2) is 0 Å². The van der Waals surface area contributed by atoms with Gasteiger partial charge in [-0.1, -0.05) is 18.5 Å². The lowest BCUT2D eigenvalue weighted by Gasteiger charge is -2.18. The van der Waals surface area contributed by atoms with Crippen LogP contribution < -0.4 is 10.1 Å². The molecule has 112 valence electrons. The van der Waals surface area contributed by atoms with Crippen LogP contribution in [-0.4, -0.2) is 30.3 Å². The summed E-state index contributed by atoms with van der Waals surface area (Å²) in [6, 6.07) is 5.29. The quantitative estimate of drug-likeness (QED) is 0.813. The van der Waals surface area contributed by atoms with Crippen molar-refractivity contribution in [3.05, 3.63) is 28.8 Å². The smallest absolute Gasteiger partial charge is 0.260 e. The molecule has 0 aliphatic carbocycles. The fourth-order valence-electron chi connectivity index (χ4n) is 1.73. The van der Waals surface area contributed by atoms with Crippen molar-refractivity contribution in [1.29, 1.82) is 0 Å². The molecular formula is C15H22ClNO3. The third kappa shape index (κ3) is 5.39. The Morgan fingerprint density at radius 2 is 2.15 bits per heavy atom. The Morgan fingerprint density at radius 1 is 1.45 bits per heavy atom. The van der Waals surface area contributed by atoms with Crippen molar-refractivity contribution in [2.75, 3.05) is 13.2 Å². The highest BCUT2D eigenvalue weighted by Crippen LogP contribution is 2.22. The van der Waals surface area contributed by atoms with E-state index in [1.54, 1.807) is 25.1 Å². The number of hydrogen-bond donors (Lipinski definition) is 2. The molecular weight excluding hydrogens is 278 g/mol. The molecule has 1 amide bonds. The summed E-state index contributed by atoms with van der Waals surface area (Å²) in [5, 5.41) is 12.3. The normalized spacial score (nSPS) is 13.7. The third-order valence-electron chi connectivity index (χ3n) is 3.06. The van der Waals surface area contributed by atoms with Crippen molar-refractivity contribution >= 4 is 17.5 Å². The highest BCUT2D eigenvalue weighted by atomic mass is 35.5. The van der Waals surface area contributed by atoms with Gasteiger partial charge in [-0.15, -0.1) is 0 Å². The minimum atomic E-state index is -0.573. The predicted octanol–water partition coefficient (Wildman–Crippen LogP) is 2.55. The topological polar surface area (TPSA) is 58.6 Å². The molecule has 1 rings (SSSR count). The second kappa shape index (κ2) is 8.12. The van der Waals surface area contributed by atoms with Crippen molar-refractivity contribution < 1.29 is 14.6 Å². The number of aryl methyl sites for hydroxylation is 1. The average molecular weight is 300 g/mol. The van der Waals surface area contributed by atoms with Crippen molar-refractivity contribution in [2.24, 2.45) is 5.92 Å². The van der Waals surface area contributed by atoms with Gasteiger partial charge in [0.2, 0.25) is 0 Å². The molecule has 4 nitrogen and oxygen atoms in total. The van der Waals surface area contributed by atoms with Gasteiger partial charge in [0.25, 0.3) is 5.91 Å². The highest BCUT2D eigenvalue weighted by Gasteiger charge is 2.16.